The molecule has 100 valence electrons. The summed E-state index contributed by atoms with van der Waals surface area (Å²) in [5.74, 6) is 0.714. The predicted octanol–water partition coefficient (Wildman–Crippen LogP) is 1.43. The van der Waals surface area contributed by atoms with E-state index < -0.39 is 0 Å². The highest BCUT2D eigenvalue weighted by Gasteiger charge is 2.26. The van der Waals surface area contributed by atoms with Gasteiger partial charge >= 0.3 is 0 Å². The van der Waals surface area contributed by atoms with Crippen LogP contribution < -0.4 is 10.5 Å². The summed E-state index contributed by atoms with van der Waals surface area (Å²) >= 11 is 0. The highest BCUT2D eigenvalue weighted by Crippen LogP contribution is 2.30. The summed E-state index contributed by atoms with van der Waals surface area (Å²) in [6, 6.07) is 11.2. The first-order valence-corrected chi connectivity index (χ1v) is 6.02. The molecule has 0 fully saturated rings. The molecule has 0 spiro atoms. The van der Waals surface area contributed by atoms with E-state index >= 15 is 0 Å². The summed E-state index contributed by atoms with van der Waals surface area (Å²) in [5.41, 5.74) is 6.93. The van der Waals surface area contributed by atoms with E-state index in [1.807, 2.05) is 31.2 Å². The molecule has 0 aromatic heterocycles. The smallest absolute Gasteiger partial charge is 0.123 e. The molecular weight excluding hydrogens is 240 g/mol. The lowest BCUT2D eigenvalue weighted by molar-refractivity contribution is 0.216. The third-order valence-corrected chi connectivity index (χ3v) is 2.90. The molecule has 0 amide bonds. The van der Waals surface area contributed by atoms with Crippen molar-refractivity contribution < 1.29 is 4.74 Å². The van der Waals surface area contributed by atoms with Gasteiger partial charge in [-0.25, -0.2) is 0 Å². The molecule has 1 rings (SSSR count). The molecular formula is C14H18N4O. The van der Waals surface area contributed by atoms with E-state index in [-0.39, 0.29) is 25.2 Å². The molecule has 2 atom stereocenters. The molecule has 5 heteroatoms. The van der Waals surface area contributed by atoms with Crippen LogP contribution in [-0.2, 0) is 0 Å². The Morgan fingerprint density at radius 1 is 1.26 bits per heavy atom. The van der Waals surface area contributed by atoms with Crippen LogP contribution in [0.15, 0.2) is 24.3 Å². The van der Waals surface area contributed by atoms with Crippen LogP contribution in [0.4, 0.5) is 0 Å². The van der Waals surface area contributed by atoms with Gasteiger partial charge in [0, 0.05) is 11.6 Å². The fourth-order valence-electron chi connectivity index (χ4n) is 2.16. The first-order chi connectivity index (χ1) is 9.15. The fraction of sp³-hybridized carbons (Fsp3) is 0.429. The van der Waals surface area contributed by atoms with E-state index in [0.717, 1.165) is 5.56 Å². The van der Waals surface area contributed by atoms with Gasteiger partial charge in [0.15, 0.2) is 0 Å². The molecule has 2 unspecified atom stereocenters. The van der Waals surface area contributed by atoms with Gasteiger partial charge < -0.3 is 10.5 Å². The van der Waals surface area contributed by atoms with E-state index in [1.54, 1.807) is 12.0 Å². The number of para-hydroxylation sites is 1. The second-order valence-corrected chi connectivity index (χ2v) is 4.27. The zero-order valence-corrected chi connectivity index (χ0v) is 11.2. The fourth-order valence-corrected chi connectivity index (χ4v) is 2.16. The molecule has 0 radical (unpaired) electrons. The van der Waals surface area contributed by atoms with Crippen molar-refractivity contribution in [2.45, 2.75) is 19.0 Å². The standard InChI is InChI=1S/C14H18N4O/c1-11(17)14(18(9-7-15)10-8-16)12-5-3-4-6-13(12)19-2/h3-6,11,14H,9-10,17H2,1-2H3. The van der Waals surface area contributed by atoms with Gasteiger partial charge in [-0.2, -0.15) is 10.5 Å². The lowest BCUT2D eigenvalue weighted by atomic mass is 9.98. The van der Waals surface area contributed by atoms with Crippen LogP contribution in [0.1, 0.15) is 18.5 Å². The third kappa shape index (κ3) is 3.69. The second-order valence-electron chi connectivity index (χ2n) is 4.27. The Kier molecular flexibility index (Phi) is 5.81. The van der Waals surface area contributed by atoms with Gasteiger partial charge in [0.25, 0.3) is 0 Å². The molecule has 0 aliphatic rings. The first kappa shape index (κ1) is 15.0. The maximum atomic E-state index is 8.89. The number of benzene rings is 1. The third-order valence-electron chi connectivity index (χ3n) is 2.90. The van der Waals surface area contributed by atoms with Crippen molar-refractivity contribution in [1.29, 1.82) is 10.5 Å². The Hall–Kier alpha value is -2.08. The minimum absolute atomic E-state index is 0.151. The number of nitriles is 2. The van der Waals surface area contributed by atoms with Crippen molar-refractivity contribution in [1.82, 2.24) is 4.90 Å². The molecule has 5 nitrogen and oxygen atoms in total. The monoisotopic (exact) mass is 258 g/mol. The lowest BCUT2D eigenvalue weighted by Crippen LogP contribution is -2.40. The minimum atomic E-state index is -0.226. The highest BCUT2D eigenvalue weighted by molar-refractivity contribution is 5.37. The van der Waals surface area contributed by atoms with Gasteiger partial charge in [-0.05, 0) is 13.0 Å². The number of nitrogens with zero attached hydrogens (tertiary/aromatic N) is 3. The zero-order valence-electron chi connectivity index (χ0n) is 11.2. The minimum Gasteiger partial charge on any atom is -0.496 e. The number of methoxy groups -OCH3 is 1. The SMILES string of the molecule is COc1ccccc1C(C(C)N)N(CC#N)CC#N. The van der Waals surface area contributed by atoms with Gasteiger partial charge in [0.1, 0.15) is 5.75 Å². The van der Waals surface area contributed by atoms with Crippen LogP contribution in [0.2, 0.25) is 0 Å². The Labute approximate surface area is 113 Å². The summed E-state index contributed by atoms with van der Waals surface area (Å²) < 4.78 is 5.33. The largest absolute Gasteiger partial charge is 0.496 e. The second kappa shape index (κ2) is 7.38. The van der Waals surface area contributed by atoms with Crippen molar-refractivity contribution in [3.05, 3.63) is 29.8 Å². The molecule has 0 heterocycles. The van der Waals surface area contributed by atoms with Gasteiger partial charge in [-0.1, -0.05) is 18.2 Å². The molecule has 0 bridgehead atoms. The Balaban J connectivity index is 3.19. The average molecular weight is 258 g/mol. The lowest BCUT2D eigenvalue weighted by Gasteiger charge is -2.31. The van der Waals surface area contributed by atoms with E-state index in [2.05, 4.69) is 12.1 Å². The van der Waals surface area contributed by atoms with Crippen molar-refractivity contribution >= 4 is 0 Å². The highest BCUT2D eigenvalue weighted by atomic mass is 16.5. The normalized spacial score (nSPS) is 13.4. The zero-order chi connectivity index (χ0) is 14.3. The molecule has 0 aliphatic heterocycles. The molecule has 0 aliphatic carbocycles. The van der Waals surface area contributed by atoms with Crippen LogP contribution in [0.5, 0.6) is 5.75 Å². The average Bonchev–Trinajstić information content (AvgIpc) is 2.39. The summed E-state index contributed by atoms with van der Waals surface area (Å²) in [7, 11) is 1.59. The summed E-state index contributed by atoms with van der Waals surface area (Å²) in [4.78, 5) is 1.75. The molecule has 2 N–H and O–H groups in total. The molecule has 0 saturated heterocycles. The van der Waals surface area contributed by atoms with Crippen molar-refractivity contribution in [2.24, 2.45) is 5.73 Å². The summed E-state index contributed by atoms with van der Waals surface area (Å²) in [6.07, 6.45) is 0. The Bertz CT molecular complexity index is 471. The Morgan fingerprint density at radius 2 is 1.84 bits per heavy atom. The Morgan fingerprint density at radius 3 is 2.32 bits per heavy atom. The number of hydrogen-bond donors (Lipinski definition) is 1. The van der Waals surface area contributed by atoms with Gasteiger partial charge in [0.05, 0.1) is 38.4 Å². The maximum Gasteiger partial charge on any atom is 0.123 e. The van der Waals surface area contributed by atoms with E-state index in [9.17, 15) is 0 Å². The van der Waals surface area contributed by atoms with Gasteiger partial charge in [-0.3, -0.25) is 4.90 Å². The van der Waals surface area contributed by atoms with Crippen LogP contribution in [0, 0.1) is 22.7 Å². The van der Waals surface area contributed by atoms with Crippen molar-refractivity contribution in [3.8, 4) is 17.9 Å². The number of rotatable bonds is 6. The quantitative estimate of drug-likeness (QED) is 0.780. The van der Waals surface area contributed by atoms with Gasteiger partial charge in [-0.15, -0.1) is 0 Å². The number of hydrogen-bond acceptors (Lipinski definition) is 5. The maximum absolute atomic E-state index is 8.89. The first-order valence-electron chi connectivity index (χ1n) is 6.02. The van der Waals surface area contributed by atoms with E-state index in [1.165, 1.54) is 0 Å². The summed E-state index contributed by atoms with van der Waals surface area (Å²) in [5, 5.41) is 17.8. The predicted molar refractivity (Wildman–Crippen MR) is 72.2 cm³/mol. The topological polar surface area (TPSA) is 86.1 Å². The van der Waals surface area contributed by atoms with E-state index in [0.29, 0.717) is 5.75 Å². The van der Waals surface area contributed by atoms with Crippen LogP contribution in [0.3, 0.4) is 0 Å². The van der Waals surface area contributed by atoms with Gasteiger partial charge in [0.2, 0.25) is 0 Å². The number of nitrogens with two attached hydrogens (primary N) is 1. The molecule has 1 aromatic carbocycles. The van der Waals surface area contributed by atoms with Crippen LogP contribution in [0.25, 0.3) is 0 Å². The van der Waals surface area contributed by atoms with Crippen LogP contribution >= 0.6 is 0 Å². The molecule has 0 saturated carbocycles. The molecule has 19 heavy (non-hydrogen) atoms. The van der Waals surface area contributed by atoms with Crippen molar-refractivity contribution in [2.75, 3.05) is 20.2 Å². The molecule has 1 aromatic rings. The van der Waals surface area contributed by atoms with Crippen molar-refractivity contribution in [3.63, 3.8) is 0 Å². The van der Waals surface area contributed by atoms with Crippen LogP contribution in [-0.4, -0.2) is 31.1 Å². The summed E-state index contributed by atoms with van der Waals surface area (Å²) in [6.45, 7) is 2.16. The number of ether oxygens (including phenoxy) is 1. The van der Waals surface area contributed by atoms with E-state index in [4.69, 9.17) is 21.0 Å².